The lowest BCUT2D eigenvalue weighted by Crippen LogP contribution is -2.41. The van der Waals surface area contributed by atoms with Crippen LogP contribution in [0.5, 0.6) is 0 Å². The van der Waals surface area contributed by atoms with Gasteiger partial charge >= 0.3 is 0 Å². The van der Waals surface area contributed by atoms with E-state index in [1.165, 1.54) is 11.8 Å². The van der Waals surface area contributed by atoms with Crippen molar-refractivity contribution < 1.29 is 4.79 Å². The molecule has 122 valence electrons. The molecule has 1 atom stereocenters. The van der Waals surface area contributed by atoms with Gasteiger partial charge in [-0.3, -0.25) is 4.79 Å². The van der Waals surface area contributed by atoms with Crippen molar-refractivity contribution in [2.45, 2.75) is 14.1 Å². The minimum absolute atomic E-state index is 0.310. The van der Waals surface area contributed by atoms with Gasteiger partial charge in [-0.15, -0.1) is 0 Å². The molecule has 1 N–H and O–H groups in total. The maximum atomic E-state index is 12.4. The summed E-state index contributed by atoms with van der Waals surface area (Å²) in [7, 11) is 0. The van der Waals surface area contributed by atoms with Gasteiger partial charge in [-0.25, -0.2) is 0 Å². The second kappa shape index (κ2) is 8.19. The second-order valence-corrected chi connectivity index (χ2v) is 8.84. The number of carbonyl (C=O) groups is 1. The first-order chi connectivity index (χ1) is 10.8. The topological polar surface area (TPSA) is 29.1 Å². The molecule has 8 heteroatoms. The van der Waals surface area contributed by atoms with Gasteiger partial charge in [0, 0.05) is 9.92 Å². The zero-order chi connectivity index (χ0) is 17.0. The van der Waals surface area contributed by atoms with Gasteiger partial charge in [0.15, 0.2) is 0 Å². The number of hydrogen-bond donors (Lipinski definition) is 1. The van der Waals surface area contributed by atoms with Crippen LogP contribution < -0.4 is 5.32 Å². The third-order valence-corrected chi connectivity index (χ3v) is 5.62. The van der Waals surface area contributed by atoms with E-state index in [0.717, 1.165) is 4.90 Å². The molecule has 0 aliphatic heterocycles. The zero-order valence-corrected chi connectivity index (χ0v) is 16.0. The van der Waals surface area contributed by atoms with Crippen molar-refractivity contribution in [3.8, 4) is 0 Å². The van der Waals surface area contributed by atoms with Crippen LogP contribution >= 0.6 is 69.8 Å². The summed E-state index contributed by atoms with van der Waals surface area (Å²) >= 11 is 31.0. The molecule has 2 nitrogen and oxygen atoms in total. The van der Waals surface area contributed by atoms with Gasteiger partial charge in [-0.1, -0.05) is 81.9 Å². The molecule has 23 heavy (non-hydrogen) atoms. The summed E-state index contributed by atoms with van der Waals surface area (Å²) in [5.74, 6) is -0.423. The first kappa shape index (κ1) is 19.0. The molecule has 0 fully saturated rings. The van der Waals surface area contributed by atoms with Crippen LogP contribution in [0.25, 0.3) is 0 Å². The predicted octanol–water partition coefficient (Wildman–Crippen LogP) is 6.21. The molecule has 0 saturated carbocycles. The van der Waals surface area contributed by atoms with Crippen LogP contribution in [-0.2, 0) is 0 Å². The SMILES string of the molecule is O=C(NC(Sc1ccc(Cl)cc1)C(Cl)(Cl)Cl)c1ccccc1Cl. The lowest BCUT2D eigenvalue weighted by Gasteiger charge is -2.25. The standard InChI is InChI=1S/C15H10Cl5NOS/c16-9-5-7-10(8-6-9)23-14(15(18,19)20)21-13(22)11-3-1-2-4-12(11)17/h1-8,14H,(H,21,22). The fourth-order valence-electron chi connectivity index (χ4n) is 1.67. The van der Waals surface area contributed by atoms with Crippen LogP contribution in [0.2, 0.25) is 10.0 Å². The van der Waals surface area contributed by atoms with Crippen molar-refractivity contribution in [1.82, 2.24) is 5.32 Å². The number of amides is 1. The predicted molar refractivity (Wildman–Crippen MR) is 100 cm³/mol. The maximum Gasteiger partial charge on any atom is 0.253 e. The Morgan fingerprint density at radius 2 is 1.61 bits per heavy atom. The Hall–Kier alpha value is -0.290. The largest absolute Gasteiger partial charge is 0.336 e. The Labute approximate surface area is 163 Å². The van der Waals surface area contributed by atoms with Gasteiger partial charge in [0.25, 0.3) is 5.91 Å². The molecule has 1 unspecified atom stereocenters. The first-order valence-corrected chi connectivity index (χ1v) is 9.08. The average Bonchev–Trinajstić information content (AvgIpc) is 2.48. The van der Waals surface area contributed by atoms with Crippen molar-refractivity contribution in [2.75, 3.05) is 0 Å². The van der Waals surface area contributed by atoms with E-state index in [2.05, 4.69) is 5.32 Å². The number of rotatable bonds is 4. The van der Waals surface area contributed by atoms with Crippen LogP contribution in [0.1, 0.15) is 10.4 Å². The number of carbonyl (C=O) groups excluding carboxylic acids is 1. The lowest BCUT2D eigenvalue weighted by molar-refractivity contribution is 0.0950. The number of hydrogen-bond acceptors (Lipinski definition) is 2. The third kappa shape index (κ3) is 5.63. The van der Waals surface area contributed by atoms with E-state index >= 15 is 0 Å². The average molecular weight is 430 g/mol. The van der Waals surface area contributed by atoms with Gasteiger partial charge in [-0.2, -0.15) is 0 Å². The molecule has 0 spiro atoms. The summed E-state index contributed by atoms with van der Waals surface area (Å²) in [6.07, 6.45) is 0. The fraction of sp³-hybridized carbons (Fsp3) is 0.133. The zero-order valence-electron chi connectivity index (χ0n) is 11.4. The molecule has 0 radical (unpaired) electrons. The smallest absolute Gasteiger partial charge is 0.253 e. The molecular weight excluding hydrogens is 420 g/mol. The van der Waals surface area contributed by atoms with Crippen molar-refractivity contribution in [1.29, 1.82) is 0 Å². The normalized spacial score (nSPS) is 12.7. The summed E-state index contributed by atoms with van der Waals surface area (Å²) in [4.78, 5) is 13.2. The van der Waals surface area contributed by atoms with Crippen LogP contribution in [0.4, 0.5) is 0 Å². The Kier molecular flexibility index (Phi) is 6.78. The van der Waals surface area contributed by atoms with E-state index in [1.54, 1.807) is 48.5 Å². The van der Waals surface area contributed by atoms with E-state index in [0.29, 0.717) is 15.6 Å². The lowest BCUT2D eigenvalue weighted by atomic mass is 10.2. The van der Waals surface area contributed by atoms with Crippen molar-refractivity contribution in [2.24, 2.45) is 0 Å². The summed E-state index contributed by atoms with van der Waals surface area (Å²) < 4.78 is -1.71. The molecule has 1 amide bonds. The van der Waals surface area contributed by atoms with E-state index in [9.17, 15) is 4.79 Å². The highest BCUT2D eigenvalue weighted by atomic mass is 35.6. The molecule has 0 heterocycles. The molecular formula is C15H10Cl5NOS. The molecule has 0 aromatic heterocycles. The minimum Gasteiger partial charge on any atom is -0.336 e. The Morgan fingerprint density at radius 1 is 1.00 bits per heavy atom. The fourth-order valence-corrected chi connectivity index (χ4v) is 3.45. The molecule has 0 aliphatic rings. The summed E-state index contributed by atoms with van der Waals surface area (Å²) in [6, 6.07) is 13.6. The number of benzene rings is 2. The Morgan fingerprint density at radius 3 is 2.17 bits per heavy atom. The second-order valence-electron chi connectivity index (χ2n) is 4.45. The van der Waals surface area contributed by atoms with Crippen molar-refractivity contribution in [3.05, 3.63) is 64.1 Å². The number of halogens is 5. The summed E-state index contributed by atoms with van der Waals surface area (Å²) in [6.45, 7) is 0. The van der Waals surface area contributed by atoms with E-state index in [-0.39, 0.29) is 0 Å². The number of thioether (sulfide) groups is 1. The highest BCUT2D eigenvalue weighted by Gasteiger charge is 2.35. The van der Waals surface area contributed by atoms with Gasteiger partial charge < -0.3 is 5.32 Å². The first-order valence-electron chi connectivity index (χ1n) is 6.31. The van der Waals surface area contributed by atoms with Crippen molar-refractivity contribution in [3.63, 3.8) is 0 Å². The Balaban J connectivity index is 2.18. The van der Waals surface area contributed by atoms with Crippen LogP contribution in [0, 0.1) is 0 Å². The maximum absolute atomic E-state index is 12.4. The highest BCUT2D eigenvalue weighted by Crippen LogP contribution is 2.39. The molecule has 0 bridgehead atoms. The monoisotopic (exact) mass is 427 g/mol. The highest BCUT2D eigenvalue weighted by molar-refractivity contribution is 8.00. The molecule has 2 aromatic carbocycles. The molecule has 2 aromatic rings. The quantitative estimate of drug-likeness (QED) is 0.356. The molecule has 0 saturated heterocycles. The van der Waals surface area contributed by atoms with Crippen LogP contribution in [-0.4, -0.2) is 15.1 Å². The molecule has 2 rings (SSSR count). The van der Waals surface area contributed by atoms with Crippen molar-refractivity contribution >= 4 is 75.7 Å². The minimum atomic E-state index is -1.71. The Bertz CT molecular complexity index is 687. The van der Waals surface area contributed by atoms with Crippen LogP contribution in [0.3, 0.4) is 0 Å². The number of alkyl halides is 3. The van der Waals surface area contributed by atoms with Gasteiger partial charge in [0.05, 0.1) is 10.6 Å². The number of nitrogens with one attached hydrogen (secondary N) is 1. The van der Waals surface area contributed by atoms with E-state index < -0.39 is 15.1 Å². The van der Waals surface area contributed by atoms with E-state index in [4.69, 9.17) is 58.0 Å². The summed E-state index contributed by atoms with van der Waals surface area (Å²) in [5, 5.41) is 2.80. The van der Waals surface area contributed by atoms with Gasteiger partial charge in [0.1, 0.15) is 5.37 Å². The third-order valence-electron chi connectivity index (χ3n) is 2.75. The van der Waals surface area contributed by atoms with Crippen LogP contribution in [0.15, 0.2) is 53.4 Å². The van der Waals surface area contributed by atoms with Gasteiger partial charge in [0.2, 0.25) is 3.79 Å². The summed E-state index contributed by atoms with van der Waals surface area (Å²) in [5.41, 5.74) is 0.310. The van der Waals surface area contributed by atoms with Gasteiger partial charge in [-0.05, 0) is 36.4 Å². The molecule has 0 aliphatic carbocycles. The van der Waals surface area contributed by atoms with E-state index in [1.807, 2.05) is 0 Å².